The van der Waals surface area contributed by atoms with Gasteiger partial charge in [-0.25, -0.2) is 0 Å². The van der Waals surface area contributed by atoms with Gasteiger partial charge in [0.05, 0.1) is 12.3 Å². The summed E-state index contributed by atoms with van der Waals surface area (Å²) in [6, 6.07) is 7.38. The lowest BCUT2D eigenvalue weighted by atomic mass is 9.96. The number of rotatable bonds is 8. The predicted octanol–water partition coefficient (Wildman–Crippen LogP) is 6.88. The van der Waals surface area contributed by atoms with E-state index in [0.29, 0.717) is 18.8 Å². The summed E-state index contributed by atoms with van der Waals surface area (Å²) in [7, 11) is 0. The number of allylic oxidation sites excluding steroid dienone is 3. The van der Waals surface area contributed by atoms with Crippen LogP contribution < -0.4 is 4.74 Å². The number of carboxylic acid groups (broad SMARTS) is 1. The van der Waals surface area contributed by atoms with Crippen LogP contribution in [0.3, 0.4) is 0 Å². The van der Waals surface area contributed by atoms with Crippen LogP contribution in [0.25, 0.3) is 0 Å². The van der Waals surface area contributed by atoms with Gasteiger partial charge in [0, 0.05) is 12.8 Å². The van der Waals surface area contributed by atoms with E-state index in [1.54, 1.807) is 13.0 Å². The maximum atomic E-state index is 10.9. The zero-order valence-corrected chi connectivity index (χ0v) is 20.2. The molecule has 0 radical (unpaired) electrons. The van der Waals surface area contributed by atoms with E-state index in [1.165, 1.54) is 5.57 Å². The van der Waals surface area contributed by atoms with Gasteiger partial charge in [-0.15, -0.1) is 5.92 Å². The highest BCUT2D eigenvalue weighted by Crippen LogP contribution is 2.22. The monoisotopic (exact) mass is 438 g/mol. The van der Waals surface area contributed by atoms with Crippen molar-refractivity contribution < 1.29 is 19.4 Å². The average Bonchev–Trinajstić information content (AvgIpc) is 2.82. The van der Waals surface area contributed by atoms with Gasteiger partial charge in [-0.05, 0) is 50.0 Å². The van der Waals surface area contributed by atoms with Crippen molar-refractivity contribution in [2.45, 2.75) is 72.6 Å². The first kappa shape index (κ1) is 28.9. The number of ether oxygens (including phenoxy) is 1. The molecule has 174 valence electrons. The van der Waals surface area contributed by atoms with Crippen molar-refractivity contribution in [3.05, 3.63) is 65.8 Å². The summed E-state index contributed by atoms with van der Waals surface area (Å²) in [5.41, 5.74) is 3.35. The molecule has 4 heteroatoms. The Hall–Kier alpha value is -3.06. The second kappa shape index (κ2) is 17.6. The van der Waals surface area contributed by atoms with Crippen molar-refractivity contribution in [2.24, 2.45) is 0 Å². The fraction of sp³-hybridized carbons (Fsp3) is 0.429. The molecule has 1 N–H and O–H groups in total. The maximum Gasteiger partial charge on any atom is 0.304 e. The van der Waals surface area contributed by atoms with Gasteiger partial charge in [0.1, 0.15) is 18.1 Å². The lowest BCUT2D eigenvalue weighted by Crippen LogP contribution is -2.05. The number of ketones is 1. The number of carbonyl (C=O) groups is 2. The van der Waals surface area contributed by atoms with Crippen molar-refractivity contribution in [1.82, 2.24) is 0 Å². The van der Waals surface area contributed by atoms with Crippen LogP contribution in [0, 0.1) is 11.8 Å². The van der Waals surface area contributed by atoms with Crippen molar-refractivity contribution in [2.75, 3.05) is 6.61 Å². The van der Waals surface area contributed by atoms with Crippen molar-refractivity contribution in [3.63, 3.8) is 0 Å². The van der Waals surface area contributed by atoms with Gasteiger partial charge in [-0.2, -0.15) is 0 Å². The smallest absolute Gasteiger partial charge is 0.304 e. The largest absolute Gasteiger partial charge is 0.489 e. The Morgan fingerprint density at radius 2 is 1.91 bits per heavy atom. The second-order valence-electron chi connectivity index (χ2n) is 6.93. The number of benzene rings is 1. The van der Waals surface area contributed by atoms with E-state index in [1.807, 2.05) is 51.1 Å². The standard InChI is InChI=1S/C18H20O3.C8H12O.C2H6/c1-4-7-16(12-18(19)20)15-8-10-17(11-9-15)21-13-14(5-2)6-3;1-2-7-3-5-8(9)6-4-7;1-2/h5-6,8-11,16H,2,12-13H2,1,3H3,(H,19,20);3H,2,4-6H2,1H3;1-2H3/b14-6+;;. The molecule has 0 spiro atoms. The normalized spacial score (nSPS) is 13.6. The summed E-state index contributed by atoms with van der Waals surface area (Å²) in [6.07, 6.45) is 9.37. The van der Waals surface area contributed by atoms with Gasteiger partial charge in [-0.3, -0.25) is 9.59 Å². The number of aliphatic carboxylic acids is 1. The third kappa shape index (κ3) is 12.0. The summed E-state index contributed by atoms with van der Waals surface area (Å²) < 4.78 is 5.63. The van der Waals surface area contributed by atoms with Gasteiger partial charge >= 0.3 is 5.97 Å². The van der Waals surface area contributed by atoms with E-state index >= 15 is 0 Å². The topological polar surface area (TPSA) is 63.6 Å². The van der Waals surface area contributed by atoms with Crippen molar-refractivity contribution in [1.29, 1.82) is 0 Å². The summed E-state index contributed by atoms with van der Waals surface area (Å²) in [5, 5.41) is 8.92. The first-order valence-corrected chi connectivity index (χ1v) is 11.3. The molecule has 1 atom stereocenters. The van der Waals surface area contributed by atoms with Crippen LogP contribution in [-0.4, -0.2) is 23.5 Å². The molecule has 0 aliphatic heterocycles. The minimum atomic E-state index is -0.855. The fourth-order valence-electron chi connectivity index (χ4n) is 2.91. The first-order chi connectivity index (χ1) is 15.4. The van der Waals surface area contributed by atoms with Crippen molar-refractivity contribution >= 4 is 11.8 Å². The molecule has 0 amide bonds. The molecule has 0 heterocycles. The van der Waals surface area contributed by atoms with Gasteiger partial charge < -0.3 is 9.84 Å². The van der Waals surface area contributed by atoms with E-state index in [2.05, 4.69) is 31.4 Å². The number of Topliss-reactive ketones (excluding diaryl/α,β-unsaturated/α-hetero) is 1. The summed E-state index contributed by atoms with van der Waals surface area (Å²) in [4.78, 5) is 21.5. The number of hydrogen-bond acceptors (Lipinski definition) is 3. The Bertz CT molecular complexity index is 832. The average molecular weight is 439 g/mol. The Balaban J connectivity index is 0.000000723. The molecule has 1 aromatic carbocycles. The van der Waals surface area contributed by atoms with Crippen LogP contribution in [0.2, 0.25) is 0 Å². The molecular weight excluding hydrogens is 400 g/mol. The van der Waals surface area contributed by atoms with E-state index < -0.39 is 5.97 Å². The Morgan fingerprint density at radius 3 is 2.34 bits per heavy atom. The van der Waals surface area contributed by atoms with E-state index in [9.17, 15) is 9.59 Å². The first-order valence-electron chi connectivity index (χ1n) is 11.3. The fourth-order valence-corrected chi connectivity index (χ4v) is 2.91. The zero-order chi connectivity index (χ0) is 24.4. The number of carboxylic acids is 1. The zero-order valence-electron chi connectivity index (χ0n) is 20.2. The quantitative estimate of drug-likeness (QED) is 0.273. The minimum absolute atomic E-state index is 0.000227. The van der Waals surface area contributed by atoms with Crippen LogP contribution >= 0.6 is 0 Å². The Labute approximate surface area is 194 Å². The van der Waals surface area contributed by atoms with Gasteiger partial charge in [0.2, 0.25) is 0 Å². The lowest BCUT2D eigenvalue weighted by molar-refractivity contribution is -0.137. The SMILES string of the molecule is C=C/C(=C\C)COc1ccc(C(C#CC)CC(=O)O)cc1.CC.CCC1=CCC(=O)CC1. The van der Waals surface area contributed by atoms with E-state index in [-0.39, 0.29) is 12.3 Å². The van der Waals surface area contributed by atoms with Crippen LogP contribution in [0.1, 0.15) is 78.2 Å². The third-order valence-electron chi connectivity index (χ3n) is 4.82. The highest BCUT2D eigenvalue weighted by Gasteiger charge is 2.13. The summed E-state index contributed by atoms with van der Waals surface area (Å²) in [6.45, 7) is 14.0. The molecule has 1 unspecified atom stereocenters. The lowest BCUT2D eigenvalue weighted by Gasteiger charge is -2.11. The molecule has 1 aliphatic carbocycles. The predicted molar refractivity (Wildman–Crippen MR) is 133 cm³/mol. The summed E-state index contributed by atoms with van der Waals surface area (Å²) in [5.74, 6) is 5.69. The molecule has 1 aliphatic rings. The van der Waals surface area contributed by atoms with Crippen LogP contribution in [0.15, 0.2) is 60.2 Å². The molecule has 2 rings (SSSR count). The molecule has 0 bridgehead atoms. The highest BCUT2D eigenvalue weighted by atomic mass is 16.5. The van der Waals surface area contributed by atoms with Crippen LogP contribution in [0.5, 0.6) is 5.75 Å². The Kier molecular flexibility index (Phi) is 15.9. The van der Waals surface area contributed by atoms with Gasteiger partial charge in [0.25, 0.3) is 0 Å². The van der Waals surface area contributed by atoms with E-state index in [0.717, 1.165) is 36.1 Å². The second-order valence-corrected chi connectivity index (χ2v) is 6.93. The van der Waals surface area contributed by atoms with Crippen LogP contribution in [-0.2, 0) is 9.59 Å². The van der Waals surface area contributed by atoms with E-state index in [4.69, 9.17) is 9.84 Å². The highest BCUT2D eigenvalue weighted by molar-refractivity contribution is 5.81. The summed E-state index contributed by atoms with van der Waals surface area (Å²) >= 11 is 0. The maximum absolute atomic E-state index is 10.9. The third-order valence-corrected chi connectivity index (χ3v) is 4.82. The molecular formula is C28H38O4. The van der Waals surface area contributed by atoms with Crippen molar-refractivity contribution in [3.8, 4) is 17.6 Å². The number of hydrogen-bond donors (Lipinski definition) is 1. The molecule has 32 heavy (non-hydrogen) atoms. The molecule has 0 saturated carbocycles. The minimum Gasteiger partial charge on any atom is -0.489 e. The van der Waals surface area contributed by atoms with Crippen LogP contribution in [0.4, 0.5) is 0 Å². The molecule has 0 saturated heterocycles. The molecule has 1 aromatic rings. The van der Waals surface area contributed by atoms with Gasteiger partial charge in [-0.1, -0.05) is 69.2 Å². The number of carbonyl (C=O) groups excluding carboxylic acids is 1. The molecule has 0 aromatic heterocycles. The molecule has 4 nitrogen and oxygen atoms in total. The molecule has 0 fully saturated rings. The van der Waals surface area contributed by atoms with Gasteiger partial charge in [0.15, 0.2) is 0 Å². The Morgan fingerprint density at radius 1 is 1.25 bits per heavy atom.